The molecule has 26 heavy (non-hydrogen) atoms. The summed E-state index contributed by atoms with van der Waals surface area (Å²) in [6.45, 7) is 2.29. The van der Waals surface area contributed by atoms with Crippen molar-refractivity contribution in [3.63, 3.8) is 0 Å². The van der Waals surface area contributed by atoms with E-state index in [0.29, 0.717) is 41.0 Å². The molecule has 0 amide bonds. The topological polar surface area (TPSA) is 86.8 Å². The Bertz CT molecular complexity index is 996. The van der Waals surface area contributed by atoms with Crippen molar-refractivity contribution in [3.05, 3.63) is 48.3 Å². The maximum atomic E-state index is 11.9. The van der Waals surface area contributed by atoms with Gasteiger partial charge in [0.05, 0.1) is 24.4 Å². The van der Waals surface area contributed by atoms with Crippen LogP contribution in [0, 0.1) is 0 Å². The van der Waals surface area contributed by atoms with E-state index >= 15 is 0 Å². The number of aromatic nitrogens is 2. The lowest BCUT2D eigenvalue weighted by atomic mass is 10.3. The zero-order valence-electron chi connectivity index (χ0n) is 14.1. The molecule has 4 rings (SSSR count). The van der Waals surface area contributed by atoms with E-state index in [0.717, 1.165) is 0 Å². The van der Waals surface area contributed by atoms with E-state index in [4.69, 9.17) is 14.2 Å². The summed E-state index contributed by atoms with van der Waals surface area (Å²) in [5, 5.41) is 8.59. The van der Waals surface area contributed by atoms with Crippen LogP contribution in [-0.4, -0.2) is 28.8 Å². The summed E-state index contributed by atoms with van der Waals surface area (Å²) in [4.78, 5) is 16.3. The molecular weight excluding hydrogens is 336 g/mol. The van der Waals surface area contributed by atoms with Gasteiger partial charge in [-0.05, 0) is 31.2 Å². The number of nitrogens with zero attached hydrogens (tertiary/aromatic N) is 4. The van der Waals surface area contributed by atoms with Crippen molar-refractivity contribution in [2.24, 2.45) is 10.2 Å². The highest BCUT2D eigenvalue weighted by atomic mass is 16.7. The highest BCUT2D eigenvalue weighted by Crippen LogP contribution is 2.36. The average molecular weight is 352 g/mol. The van der Waals surface area contributed by atoms with E-state index in [-0.39, 0.29) is 19.2 Å². The lowest BCUT2D eigenvalue weighted by molar-refractivity contribution is -0.142. The van der Waals surface area contributed by atoms with Crippen molar-refractivity contribution in [1.82, 2.24) is 9.38 Å². The first kappa shape index (κ1) is 16.1. The fraction of sp³-hybridized carbons (Fsp3) is 0.222. The molecule has 0 spiro atoms. The van der Waals surface area contributed by atoms with Gasteiger partial charge in [-0.1, -0.05) is 6.07 Å². The maximum absolute atomic E-state index is 11.9. The van der Waals surface area contributed by atoms with Crippen LogP contribution in [0.25, 0.3) is 5.65 Å². The number of esters is 1. The van der Waals surface area contributed by atoms with Gasteiger partial charge in [0.2, 0.25) is 6.79 Å². The normalized spacial score (nSPS) is 12.8. The van der Waals surface area contributed by atoms with Crippen molar-refractivity contribution in [2.75, 3.05) is 13.4 Å². The third-order valence-corrected chi connectivity index (χ3v) is 3.81. The van der Waals surface area contributed by atoms with Crippen LogP contribution in [0.15, 0.2) is 52.8 Å². The molecule has 132 valence electrons. The standard InChI is InChI=1S/C18H16N4O4/c1-2-24-17(23)10-13-18(22-8-4-3-5-16(22)19-13)21-20-12-6-7-14-15(9-12)26-11-25-14/h3-9H,2,10-11H2,1H3. The Morgan fingerprint density at radius 3 is 3.00 bits per heavy atom. The number of ether oxygens (including phenoxy) is 3. The number of pyridine rings is 1. The number of rotatable bonds is 5. The number of fused-ring (bicyclic) bond motifs is 2. The van der Waals surface area contributed by atoms with Crippen LogP contribution in [0.5, 0.6) is 11.5 Å². The summed E-state index contributed by atoms with van der Waals surface area (Å²) in [5.74, 6) is 1.45. The number of imidazole rings is 1. The van der Waals surface area contributed by atoms with Crippen LogP contribution in [0.4, 0.5) is 11.5 Å². The van der Waals surface area contributed by atoms with Crippen LogP contribution in [0.1, 0.15) is 12.6 Å². The molecule has 0 saturated carbocycles. The first-order valence-electron chi connectivity index (χ1n) is 8.17. The molecule has 0 saturated heterocycles. The van der Waals surface area contributed by atoms with Crippen LogP contribution in [0.3, 0.4) is 0 Å². The van der Waals surface area contributed by atoms with Crippen LogP contribution in [-0.2, 0) is 16.0 Å². The predicted molar refractivity (Wildman–Crippen MR) is 92.3 cm³/mol. The fourth-order valence-corrected chi connectivity index (χ4v) is 2.66. The number of carbonyl (C=O) groups excluding carboxylic acids is 1. The molecule has 3 aromatic rings. The number of hydrogen-bond donors (Lipinski definition) is 0. The van der Waals surface area contributed by atoms with Crippen LogP contribution in [0.2, 0.25) is 0 Å². The van der Waals surface area contributed by atoms with Gasteiger partial charge in [-0.3, -0.25) is 9.20 Å². The van der Waals surface area contributed by atoms with Crippen molar-refractivity contribution in [1.29, 1.82) is 0 Å². The van der Waals surface area contributed by atoms with Gasteiger partial charge in [-0.25, -0.2) is 4.98 Å². The Kier molecular flexibility index (Phi) is 4.22. The lowest BCUT2D eigenvalue weighted by Gasteiger charge is -2.01. The second-order valence-electron chi connectivity index (χ2n) is 5.53. The van der Waals surface area contributed by atoms with E-state index in [2.05, 4.69) is 15.2 Å². The van der Waals surface area contributed by atoms with Crippen LogP contribution < -0.4 is 9.47 Å². The van der Waals surface area contributed by atoms with Gasteiger partial charge in [0.15, 0.2) is 17.3 Å². The Balaban J connectivity index is 1.69. The highest BCUT2D eigenvalue weighted by Gasteiger charge is 2.17. The molecule has 0 radical (unpaired) electrons. The Hall–Kier alpha value is -3.42. The van der Waals surface area contributed by atoms with Crippen molar-refractivity contribution < 1.29 is 19.0 Å². The predicted octanol–water partition coefficient (Wildman–Crippen LogP) is 3.58. The van der Waals surface area contributed by atoms with Crippen molar-refractivity contribution >= 4 is 23.1 Å². The fourth-order valence-electron chi connectivity index (χ4n) is 2.66. The summed E-state index contributed by atoms with van der Waals surface area (Å²) < 4.78 is 17.4. The Morgan fingerprint density at radius 2 is 2.12 bits per heavy atom. The minimum absolute atomic E-state index is 0.0328. The quantitative estimate of drug-likeness (QED) is 0.517. The molecule has 1 aliphatic heterocycles. The first-order valence-corrected chi connectivity index (χ1v) is 8.17. The molecule has 0 bridgehead atoms. The molecule has 1 aromatic carbocycles. The zero-order valence-corrected chi connectivity index (χ0v) is 14.1. The minimum atomic E-state index is -0.351. The number of hydrogen-bond acceptors (Lipinski definition) is 7. The van der Waals surface area contributed by atoms with Crippen molar-refractivity contribution in [2.45, 2.75) is 13.3 Å². The second-order valence-corrected chi connectivity index (χ2v) is 5.53. The number of benzene rings is 1. The molecule has 8 nitrogen and oxygen atoms in total. The van der Waals surface area contributed by atoms with E-state index in [9.17, 15) is 4.79 Å². The summed E-state index contributed by atoms with van der Waals surface area (Å²) in [6.07, 6.45) is 1.86. The SMILES string of the molecule is CCOC(=O)Cc1nc2ccccn2c1N=Nc1ccc2c(c1)OCO2. The summed E-state index contributed by atoms with van der Waals surface area (Å²) in [6, 6.07) is 10.9. The van der Waals surface area contributed by atoms with E-state index in [1.54, 1.807) is 29.5 Å². The number of azo groups is 1. The van der Waals surface area contributed by atoms with Gasteiger partial charge in [-0.2, -0.15) is 0 Å². The summed E-state index contributed by atoms with van der Waals surface area (Å²) >= 11 is 0. The highest BCUT2D eigenvalue weighted by molar-refractivity contribution is 5.74. The lowest BCUT2D eigenvalue weighted by Crippen LogP contribution is -2.07. The molecule has 0 aliphatic carbocycles. The second kappa shape index (κ2) is 6.83. The largest absolute Gasteiger partial charge is 0.466 e. The van der Waals surface area contributed by atoms with E-state index in [1.807, 2.05) is 24.4 Å². The monoisotopic (exact) mass is 352 g/mol. The number of carbonyl (C=O) groups is 1. The average Bonchev–Trinajstić information content (AvgIpc) is 3.23. The van der Waals surface area contributed by atoms with Gasteiger partial charge in [0.25, 0.3) is 0 Å². The Labute approximate surface area is 149 Å². The molecule has 1 aliphatic rings. The van der Waals surface area contributed by atoms with Gasteiger partial charge >= 0.3 is 5.97 Å². The molecular formula is C18H16N4O4. The molecule has 0 atom stereocenters. The third kappa shape index (κ3) is 3.08. The molecule has 2 aromatic heterocycles. The van der Waals surface area contributed by atoms with Gasteiger partial charge in [0.1, 0.15) is 5.65 Å². The van der Waals surface area contributed by atoms with Gasteiger partial charge in [0, 0.05) is 12.3 Å². The van der Waals surface area contributed by atoms with Gasteiger partial charge in [-0.15, -0.1) is 10.2 Å². The molecule has 0 N–H and O–H groups in total. The first-order chi connectivity index (χ1) is 12.7. The summed E-state index contributed by atoms with van der Waals surface area (Å²) in [5.41, 5.74) is 1.81. The molecule has 0 unspecified atom stereocenters. The van der Waals surface area contributed by atoms with Crippen molar-refractivity contribution in [3.8, 4) is 11.5 Å². The zero-order chi connectivity index (χ0) is 17.9. The smallest absolute Gasteiger partial charge is 0.312 e. The molecule has 3 heterocycles. The molecule has 0 fully saturated rings. The maximum Gasteiger partial charge on any atom is 0.312 e. The summed E-state index contributed by atoms with van der Waals surface area (Å²) in [7, 11) is 0. The Morgan fingerprint density at radius 1 is 1.23 bits per heavy atom. The minimum Gasteiger partial charge on any atom is -0.466 e. The van der Waals surface area contributed by atoms with E-state index < -0.39 is 0 Å². The van der Waals surface area contributed by atoms with E-state index in [1.165, 1.54) is 0 Å². The molecule has 8 heteroatoms. The van der Waals surface area contributed by atoms with Crippen LogP contribution >= 0.6 is 0 Å². The third-order valence-electron chi connectivity index (χ3n) is 3.81. The van der Waals surface area contributed by atoms with Gasteiger partial charge < -0.3 is 14.2 Å².